The van der Waals surface area contributed by atoms with Gasteiger partial charge in [0.25, 0.3) is 0 Å². The van der Waals surface area contributed by atoms with Crippen molar-refractivity contribution in [2.24, 2.45) is 28.1 Å². The van der Waals surface area contributed by atoms with Crippen molar-refractivity contribution in [2.75, 3.05) is 6.54 Å². The number of aliphatic imine (C=N–C) groups is 1. The topological polar surface area (TPSA) is 202 Å². The van der Waals surface area contributed by atoms with Crippen molar-refractivity contribution >= 4 is 34.6 Å². The molecule has 4 atom stereocenters. The molecule has 11 nitrogen and oxygen atoms in total. The van der Waals surface area contributed by atoms with Crippen LogP contribution in [0.3, 0.4) is 0 Å². The lowest BCUT2D eigenvalue weighted by atomic mass is 9.98. The summed E-state index contributed by atoms with van der Waals surface area (Å²) in [6, 6.07) is 4.62. The van der Waals surface area contributed by atoms with Gasteiger partial charge >= 0.3 is 5.97 Å². The van der Waals surface area contributed by atoms with Gasteiger partial charge in [-0.3, -0.25) is 14.6 Å². The molecule has 0 saturated carbocycles. The monoisotopic (exact) mass is 473 g/mol. The van der Waals surface area contributed by atoms with Gasteiger partial charge in [-0.15, -0.1) is 0 Å². The molecule has 4 unspecified atom stereocenters. The number of benzene rings is 1. The van der Waals surface area contributed by atoms with E-state index in [0.29, 0.717) is 25.8 Å². The molecule has 0 aliphatic carbocycles. The maximum Gasteiger partial charge on any atom is 0.326 e. The minimum Gasteiger partial charge on any atom is -0.480 e. The van der Waals surface area contributed by atoms with E-state index in [-0.39, 0.29) is 18.3 Å². The molecule has 2 rings (SSSR count). The van der Waals surface area contributed by atoms with Crippen LogP contribution in [0.4, 0.5) is 0 Å². The fourth-order valence-electron chi connectivity index (χ4n) is 3.60. The Kier molecular flexibility index (Phi) is 9.87. The molecule has 34 heavy (non-hydrogen) atoms. The van der Waals surface area contributed by atoms with Crippen LogP contribution in [-0.2, 0) is 20.8 Å². The Labute approximate surface area is 198 Å². The average molecular weight is 474 g/mol. The second kappa shape index (κ2) is 12.6. The van der Waals surface area contributed by atoms with Gasteiger partial charge in [0.05, 0.1) is 6.04 Å². The van der Waals surface area contributed by atoms with Crippen molar-refractivity contribution in [3.8, 4) is 0 Å². The van der Waals surface area contributed by atoms with E-state index in [1.165, 1.54) is 0 Å². The Morgan fingerprint density at radius 3 is 2.50 bits per heavy atom. The highest BCUT2D eigenvalue weighted by atomic mass is 16.4. The normalized spacial score (nSPS) is 14.6. The highest BCUT2D eigenvalue weighted by Crippen LogP contribution is 2.19. The lowest BCUT2D eigenvalue weighted by molar-refractivity contribution is -0.143. The fraction of sp³-hybridized carbons (Fsp3) is 0.478. The molecule has 0 bridgehead atoms. The van der Waals surface area contributed by atoms with E-state index in [4.69, 9.17) is 17.2 Å². The van der Waals surface area contributed by atoms with Gasteiger partial charge in [0.1, 0.15) is 12.1 Å². The molecule has 186 valence electrons. The molecule has 1 heterocycles. The van der Waals surface area contributed by atoms with E-state index in [1.54, 1.807) is 13.1 Å². The van der Waals surface area contributed by atoms with Crippen LogP contribution in [-0.4, -0.2) is 58.5 Å². The van der Waals surface area contributed by atoms with Crippen molar-refractivity contribution in [1.82, 2.24) is 15.6 Å². The summed E-state index contributed by atoms with van der Waals surface area (Å²) < 4.78 is 0. The Balaban J connectivity index is 2.19. The van der Waals surface area contributed by atoms with Crippen LogP contribution in [0.5, 0.6) is 0 Å². The first-order valence-electron chi connectivity index (χ1n) is 11.3. The number of hydrogen-bond donors (Lipinski definition) is 7. The Morgan fingerprint density at radius 2 is 1.85 bits per heavy atom. The number of nitrogens with zero attached hydrogens (tertiary/aromatic N) is 1. The summed E-state index contributed by atoms with van der Waals surface area (Å²) in [4.78, 5) is 44.6. The molecule has 0 fully saturated rings. The Bertz CT molecular complexity index is 1020. The van der Waals surface area contributed by atoms with Crippen LogP contribution in [0.25, 0.3) is 10.9 Å². The van der Waals surface area contributed by atoms with E-state index in [2.05, 4.69) is 20.6 Å². The van der Waals surface area contributed by atoms with Crippen molar-refractivity contribution in [3.05, 3.63) is 36.0 Å². The molecule has 0 aliphatic heterocycles. The SMILES string of the molecule is CCC(C)C(NC(=O)C(Cc1c[nH]c2ccccc12)NC(=O)C(N)CCCN=C(N)N)C(=O)O. The van der Waals surface area contributed by atoms with E-state index in [9.17, 15) is 19.5 Å². The number of amides is 2. The third-order valence-electron chi connectivity index (χ3n) is 5.81. The van der Waals surface area contributed by atoms with E-state index in [0.717, 1.165) is 16.5 Å². The highest BCUT2D eigenvalue weighted by Gasteiger charge is 2.31. The number of aromatic amines is 1. The van der Waals surface area contributed by atoms with Crippen molar-refractivity contribution < 1.29 is 19.5 Å². The van der Waals surface area contributed by atoms with Crippen molar-refractivity contribution in [1.29, 1.82) is 0 Å². The number of H-pyrrole nitrogens is 1. The fourth-order valence-corrected chi connectivity index (χ4v) is 3.60. The summed E-state index contributed by atoms with van der Waals surface area (Å²) in [5, 5.41) is 15.8. The van der Waals surface area contributed by atoms with Crippen LogP contribution in [0.1, 0.15) is 38.7 Å². The number of fused-ring (bicyclic) bond motifs is 1. The zero-order valence-corrected chi connectivity index (χ0v) is 19.6. The molecule has 0 aliphatic rings. The van der Waals surface area contributed by atoms with Gasteiger partial charge in [0.2, 0.25) is 11.8 Å². The van der Waals surface area contributed by atoms with Crippen LogP contribution in [0.15, 0.2) is 35.5 Å². The summed E-state index contributed by atoms with van der Waals surface area (Å²) >= 11 is 0. The largest absolute Gasteiger partial charge is 0.480 e. The van der Waals surface area contributed by atoms with Gasteiger partial charge in [-0.1, -0.05) is 38.5 Å². The van der Waals surface area contributed by atoms with Gasteiger partial charge < -0.3 is 37.9 Å². The highest BCUT2D eigenvalue weighted by molar-refractivity contribution is 5.93. The van der Waals surface area contributed by atoms with E-state index in [1.807, 2.05) is 31.2 Å². The van der Waals surface area contributed by atoms with Gasteiger partial charge in [0.15, 0.2) is 5.96 Å². The smallest absolute Gasteiger partial charge is 0.326 e. The second-order valence-electron chi connectivity index (χ2n) is 8.39. The predicted octanol–water partition coefficient (Wildman–Crippen LogP) is 0.192. The minimum atomic E-state index is -1.13. The minimum absolute atomic E-state index is 0.0391. The number of aliphatic carboxylic acids is 1. The third kappa shape index (κ3) is 7.48. The first-order valence-corrected chi connectivity index (χ1v) is 11.3. The number of rotatable bonds is 13. The van der Waals surface area contributed by atoms with Crippen LogP contribution in [0, 0.1) is 5.92 Å². The number of carbonyl (C=O) groups is 3. The molecule has 0 saturated heterocycles. The zero-order chi connectivity index (χ0) is 25.3. The molecule has 1 aromatic heterocycles. The number of nitrogens with two attached hydrogens (primary N) is 3. The summed E-state index contributed by atoms with van der Waals surface area (Å²) in [5.41, 5.74) is 18.3. The van der Waals surface area contributed by atoms with E-state index >= 15 is 0 Å². The zero-order valence-electron chi connectivity index (χ0n) is 19.6. The summed E-state index contributed by atoms with van der Waals surface area (Å²) in [6.45, 7) is 3.93. The van der Waals surface area contributed by atoms with Crippen molar-refractivity contribution in [3.63, 3.8) is 0 Å². The molecule has 2 amide bonds. The number of guanidine groups is 1. The predicted molar refractivity (Wildman–Crippen MR) is 131 cm³/mol. The lowest BCUT2D eigenvalue weighted by Crippen LogP contribution is -2.56. The Hall–Kier alpha value is -3.60. The first-order chi connectivity index (χ1) is 16.1. The first kappa shape index (κ1) is 26.7. The molecular formula is C23H35N7O4. The van der Waals surface area contributed by atoms with E-state index < -0.39 is 35.9 Å². The molecule has 0 spiro atoms. The molecule has 0 radical (unpaired) electrons. The molecular weight excluding hydrogens is 438 g/mol. The Morgan fingerprint density at radius 1 is 1.15 bits per heavy atom. The summed E-state index contributed by atoms with van der Waals surface area (Å²) in [7, 11) is 0. The van der Waals surface area contributed by atoms with Gasteiger partial charge in [-0.25, -0.2) is 4.79 Å². The number of hydrogen-bond acceptors (Lipinski definition) is 5. The second-order valence-corrected chi connectivity index (χ2v) is 8.39. The number of carboxylic acids is 1. The molecule has 11 heteroatoms. The van der Waals surface area contributed by atoms with Gasteiger partial charge in [-0.2, -0.15) is 0 Å². The standard InChI is InChI=1S/C23H35N7O4/c1-3-13(2)19(22(33)34)30-21(32)18(11-14-12-28-17-9-5-4-7-15(14)17)29-20(31)16(24)8-6-10-27-23(25)26/h4-5,7,9,12-13,16,18-19,28H,3,6,8,10-11,24H2,1-2H3,(H,29,31)(H,30,32)(H,33,34)(H4,25,26,27). The molecule has 2 aromatic rings. The quantitative estimate of drug-likeness (QED) is 0.122. The molecule has 10 N–H and O–H groups in total. The summed E-state index contributed by atoms with van der Waals surface area (Å²) in [6.07, 6.45) is 3.30. The number of nitrogens with one attached hydrogen (secondary N) is 3. The van der Waals surface area contributed by atoms with Crippen LogP contribution < -0.4 is 27.8 Å². The molecule has 1 aromatic carbocycles. The maximum atomic E-state index is 13.1. The summed E-state index contributed by atoms with van der Waals surface area (Å²) in [5.74, 6) is -2.55. The number of carbonyl (C=O) groups excluding carboxylic acids is 2. The number of carboxylic acid groups (broad SMARTS) is 1. The van der Waals surface area contributed by atoms with Gasteiger partial charge in [0, 0.05) is 30.1 Å². The average Bonchev–Trinajstić information content (AvgIpc) is 3.21. The third-order valence-corrected chi connectivity index (χ3v) is 5.81. The van der Waals surface area contributed by atoms with Gasteiger partial charge in [-0.05, 0) is 30.4 Å². The van der Waals surface area contributed by atoms with Crippen LogP contribution in [0.2, 0.25) is 0 Å². The number of para-hydroxylation sites is 1. The maximum absolute atomic E-state index is 13.1. The van der Waals surface area contributed by atoms with Crippen molar-refractivity contribution in [2.45, 2.75) is 57.7 Å². The number of aromatic nitrogens is 1. The van der Waals surface area contributed by atoms with Crippen LogP contribution >= 0.6 is 0 Å². The lowest BCUT2D eigenvalue weighted by Gasteiger charge is -2.25.